The zero-order chi connectivity index (χ0) is 13.0. The predicted molar refractivity (Wildman–Crippen MR) is 80.4 cm³/mol. The van der Waals surface area contributed by atoms with Gasteiger partial charge in [0.25, 0.3) is 0 Å². The Hall–Kier alpha value is -0.830. The number of hydrogen-bond donors (Lipinski definition) is 1. The van der Waals surface area contributed by atoms with Gasteiger partial charge in [-0.05, 0) is 42.5 Å². The van der Waals surface area contributed by atoms with E-state index in [4.69, 9.17) is 11.6 Å². The Morgan fingerprint density at radius 1 is 1.28 bits per heavy atom. The maximum atomic E-state index is 6.03. The van der Waals surface area contributed by atoms with Gasteiger partial charge in [0.1, 0.15) is 0 Å². The first-order valence-electron chi connectivity index (χ1n) is 6.25. The highest BCUT2D eigenvalue weighted by Gasteiger charge is 2.14. The molecule has 2 rings (SSSR count). The highest BCUT2D eigenvalue weighted by atomic mass is 35.5. The molecule has 0 aliphatic carbocycles. The summed E-state index contributed by atoms with van der Waals surface area (Å²) in [6.45, 7) is 4.39. The van der Waals surface area contributed by atoms with E-state index in [0.717, 1.165) is 11.4 Å². The normalized spacial score (nSPS) is 14.4. The van der Waals surface area contributed by atoms with Crippen LogP contribution in [0.25, 0.3) is 0 Å². The van der Waals surface area contributed by atoms with Crippen LogP contribution in [0.3, 0.4) is 0 Å². The molecule has 1 heterocycles. The monoisotopic (exact) mass is 279 g/mol. The lowest BCUT2D eigenvalue weighted by Crippen LogP contribution is -2.23. The van der Waals surface area contributed by atoms with Gasteiger partial charge in [-0.15, -0.1) is 11.3 Å². The molecule has 1 N–H and O–H groups in total. The first-order valence-corrected chi connectivity index (χ1v) is 7.51. The summed E-state index contributed by atoms with van der Waals surface area (Å²) in [5.74, 6) is 0. The molecule has 2 atom stereocenters. The topological polar surface area (TPSA) is 12.0 Å². The van der Waals surface area contributed by atoms with E-state index in [1.54, 1.807) is 0 Å². The van der Waals surface area contributed by atoms with Gasteiger partial charge in [-0.25, -0.2) is 0 Å². The van der Waals surface area contributed by atoms with Crippen molar-refractivity contribution in [3.8, 4) is 0 Å². The summed E-state index contributed by atoms with van der Waals surface area (Å²) >= 11 is 7.84. The van der Waals surface area contributed by atoms with Crippen molar-refractivity contribution >= 4 is 22.9 Å². The standard InChI is InChI=1S/C15H18ClNS/c1-3-14(15-8-5-9-18-15)17-11(2)12-6-4-7-13(16)10-12/h4-11,14,17H,3H2,1-2H3. The van der Waals surface area contributed by atoms with Gasteiger partial charge in [-0.3, -0.25) is 0 Å². The van der Waals surface area contributed by atoms with Crippen molar-refractivity contribution in [2.24, 2.45) is 0 Å². The van der Waals surface area contributed by atoms with Crippen molar-refractivity contribution in [1.82, 2.24) is 5.32 Å². The van der Waals surface area contributed by atoms with Gasteiger partial charge in [0, 0.05) is 22.0 Å². The van der Waals surface area contributed by atoms with Crippen LogP contribution < -0.4 is 5.32 Å². The van der Waals surface area contributed by atoms with E-state index >= 15 is 0 Å². The van der Waals surface area contributed by atoms with Gasteiger partial charge in [0.15, 0.2) is 0 Å². The number of benzene rings is 1. The lowest BCUT2D eigenvalue weighted by Gasteiger charge is -2.22. The van der Waals surface area contributed by atoms with E-state index in [1.807, 2.05) is 29.5 Å². The molecule has 0 radical (unpaired) electrons. The average molecular weight is 280 g/mol. The SMILES string of the molecule is CCC(NC(C)c1cccc(Cl)c1)c1cccs1. The van der Waals surface area contributed by atoms with Crippen molar-refractivity contribution < 1.29 is 0 Å². The average Bonchev–Trinajstić information content (AvgIpc) is 2.89. The summed E-state index contributed by atoms with van der Waals surface area (Å²) in [6, 6.07) is 13.1. The minimum atomic E-state index is 0.302. The molecule has 0 amide bonds. The van der Waals surface area contributed by atoms with Crippen LogP contribution in [-0.4, -0.2) is 0 Å². The van der Waals surface area contributed by atoms with Gasteiger partial charge in [-0.2, -0.15) is 0 Å². The lowest BCUT2D eigenvalue weighted by molar-refractivity contribution is 0.462. The Balaban J connectivity index is 2.08. The lowest BCUT2D eigenvalue weighted by atomic mass is 10.1. The number of nitrogens with one attached hydrogen (secondary N) is 1. The third-order valence-electron chi connectivity index (χ3n) is 3.09. The number of rotatable bonds is 5. The first kappa shape index (κ1) is 13.6. The van der Waals surface area contributed by atoms with E-state index in [1.165, 1.54) is 10.4 Å². The van der Waals surface area contributed by atoms with Crippen molar-refractivity contribution in [2.45, 2.75) is 32.4 Å². The van der Waals surface area contributed by atoms with Gasteiger partial charge in [-0.1, -0.05) is 36.7 Å². The molecule has 2 aromatic rings. The molecule has 18 heavy (non-hydrogen) atoms. The van der Waals surface area contributed by atoms with E-state index in [-0.39, 0.29) is 0 Å². The Morgan fingerprint density at radius 3 is 2.72 bits per heavy atom. The Bertz CT molecular complexity index is 481. The molecule has 1 aromatic carbocycles. The van der Waals surface area contributed by atoms with Crippen LogP contribution in [0, 0.1) is 0 Å². The maximum absolute atomic E-state index is 6.03. The van der Waals surface area contributed by atoms with Crippen molar-refractivity contribution in [2.75, 3.05) is 0 Å². The summed E-state index contributed by atoms with van der Waals surface area (Å²) in [7, 11) is 0. The molecule has 0 saturated heterocycles. The molecule has 0 bridgehead atoms. The van der Waals surface area contributed by atoms with Crippen molar-refractivity contribution in [3.63, 3.8) is 0 Å². The second kappa shape index (κ2) is 6.37. The largest absolute Gasteiger partial charge is 0.303 e. The van der Waals surface area contributed by atoms with Crippen LogP contribution in [0.15, 0.2) is 41.8 Å². The molecule has 0 saturated carbocycles. The summed E-state index contributed by atoms with van der Waals surface area (Å²) in [6.07, 6.45) is 1.09. The van der Waals surface area contributed by atoms with Crippen LogP contribution in [0.1, 0.15) is 42.8 Å². The fourth-order valence-corrected chi connectivity index (χ4v) is 3.13. The number of hydrogen-bond acceptors (Lipinski definition) is 2. The quantitative estimate of drug-likeness (QED) is 0.793. The molecular weight excluding hydrogens is 262 g/mol. The zero-order valence-corrected chi connectivity index (χ0v) is 12.3. The van der Waals surface area contributed by atoms with E-state index in [9.17, 15) is 0 Å². The van der Waals surface area contributed by atoms with E-state index in [2.05, 4.69) is 42.7 Å². The third kappa shape index (κ3) is 3.35. The summed E-state index contributed by atoms with van der Waals surface area (Å²) in [5, 5.41) is 6.59. The zero-order valence-electron chi connectivity index (χ0n) is 10.7. The first-order chi connectivity index (χ1) is 8.70. The van der Waals surface area contributed by atoms with Crippen LogP contribution in [0.2, 0.25) is 5.02 Å². The molecule has 2 unspecified atom stereocenters. The van der Waals surface area contributed by atoms with Gasteiger partial charge < -0.3 is 5.32 Å². The Labute approximate surface area is 118 Å². The molecule has 0 spiro atoms. The van der Waals surface area contributed by atoms with Crippen molar-refractivity contribution in [3.05, 3.63) is 57.2 Å². The second-order valence-corrected chi connectivity index (χ2v) is 5.84. The highest BCUT2D eigenvalue weighted by molar-refractivity contribution is 7.10. The smallest absolute Gasteiger partial charge is 0.0416 e. The van der Waals surface area contributed by atoms with E-state index < -0.39 is 0 Å². The third-order valence-corrected chi connectivity index (χ3v) is 4.32. The van der Waals surface area contributed by atoms with E-state index in [0.29, 0.717) is 12.1 Å². The molecule has 0 fully saturated rings. The Kier molecular flexibility index (Phi) is 4.81. The molecule has 1 aromatic heterocycles. The van der Waals surface area contributed by atoms with Crippen LogP contribution in [-0.2, 0) is 0 Å². The minimum absolute atomic E-state index is 0.302. The molecule has 1 nitrogen and oxygen atoms in total. The molecule has 0 aliphatic rings. The predicted octanol–water partition coefficient (Wildman–Crippen LogP) is 5.20. The summed E-state index contributed by atoms with van der Waals surface area (Å²) in [4.78, 5) is 1.39. The molecule has 0 aliphatic heterocycles. The molecular formula is C15H18ClNS. The van der Waals surface area contributed by atoms with Crippen LogP contribution in [0.4, 0.5) is 0 Å². The number of thiophene rings is 1. The van der Waals surface area contributed by atoms with Gasteiger partial charge >= 0.3 is 0 Å². The summed E-state index contributed by atoms with van der Waals surface area (Å²) < 4.78 is 0. The van der Waals surface area contributed by atoms with Crippen LogP contribution >= 0.6 is 22.9 Å². The van der Waals surface area contributed by atoms with Gasteiger partial charge in [0.05, 0.1) is 0 Å². The summed E-state index contributed by atoms with van der Waals surface area (Å²) in [5.41, 5.74) is 1.23. The highest BCUT2D eigenvalue weighted by Crippen LogP contribution is 2.26. The van der Waals surface area contributed by atoms with Crippen molar-refractivity contribution in [1.29, 1.82) is 0 Å². The van der Waals surface area contributed by atoms with Gasteiger partial charge in [0.2, 0.25) is 0 Å². The molecule has 96 valence electrons. The Morgan fingerprint density at radius 2 is 2.11 bits per heavy atom. The minimum Gasteiger partial charge on any atom is -0.303 e. The number of halogens is 1. The maximum Gasteiger partial charge on any atom is 0.0416 e. The molecule has 3 heteroatoms. The van der Waals surface area contributed by atoms with Crippen LogP contribution in [0.5, 0.6) is 0 Å². The second-order valence-electron chi connectivity index (χ2n) is 4.42. The fourth-order valence-electron chi connectivity index (χ4n) is 2.06. The fraction of sp³-hybridized carbons (Fsp3) is 0.333.